The Morgan fingerprint density at radius 3 is 1.70 bits per heavy atom. The van der Waals surface area contributed by atoms with E-state index in [1.54, 1.807) is 0 Å². The topological polar surface area (TPSA) is 12.9 Å². The summed E-state index contributed by atoms with van der Waals surface area (Å²) < 4.78 is 6.34. The van der Waals surface area contributed by atoms with Gasteiger partial charge in [-0.05, 0) is 0 Å². The normalized spacial score (nSPS) is 11.0. The molecule has 0 aliphatic carbocycles. The molecule has 1 nitrogen and oxygen atoms in total. The Hall–Kier alpha value is -2.93. The third-order valence-electron chi connectivity index (χ3n) is 4.83. The molecule has 4 aromatic carbocycles. The predicted molar refractivity (Wildman–Crippen MR) is 115 cm³/mol. The second kappa shape index (κ2) is 7.00. The van der Waals surface area contributed by atoms with Crippen LogP contribution in [-0.2, 0) is 0 Å². The molecule has 0 unspecified atom stereocenters. The van der Waals surface area contributed by atoms with E-state index in [2.05, 4.69) is 103 Å². The molecule has 0 aliphatic heterocycles. The maximum absolute atomic E-state index is 4.97. The van der Waals surface area contributed by atoms with E-state index in [0.29, 0.717) is 0 Å². The Morgan fingerprint density at radius 1 is 0.519 bits per heavy atom. The summed E-state index contributed by atoms with van der Waals surface area (Å²) in [4.78, 5) is 0. The number of hydrogen-bond donors (Lipinski definition) is 0. The van der Waals surface area contributed by atoms with E-state index in [1.807, 2.05) is 0 Å². The van der Waals surface area contributed by atoms with Gasteiger partial charge in [0, 0.05) is 0 Å². The van der Waals surface area contributed by atoms with E-state index in [-0.39, 0.29) is 14.7 Å². The number of nitrogens with zero attached hydrogens (tertiary/aromatic N) is 1. The van der Waals surface area contributed by atoms with Crippen LogP contribution in [0.2, 0.25) is 0 Å². The number of fused-ring (bicyclic) bond motifs is 1. The van der Waals surface area contributed by atoms with Gasteiger partial charge in [-0.15, -0.1) is 0 Å². The van der Waals surface area contributed by atoms with Gasteiger partial charge in [-0.1, -0.05) is 0 Å². The average Bonchev–Trinajstić information content (AvgIpc) is 3.19. The van der Waals surface area contributed by atoms with Crippen LogP contribution in [0, 0.1) is 0 Å². The first-order valence-corrected chi connectivity index (χ1v) is 10.6. The Balaban J connectivity index is 1.89. The molecule has 0 N–H and O–H groups in total. The van der Waals surface area contributed by atoms with Crippen LogP contribution in [0.3, 0.4) is 0 Å². The zero-order valence-electron chi connectivity index (χ0n) is 14.7. The molecule has 0 amide bonds. The van der Waals surface area contributed by atoms with Gasteiger partial charge in [-0.2, -0.15) is 0 Å². The molecule has 0 atom stereocenters. The summed E-state index contributed by atoms with van der Waals surface area (Å²) in [7, 11) is 0. The number of hydrogen-bond acceptors (Lipinski definition) is 1. The van der Waals surface area contributed by atoms with Crippen molar-refractivity contribution in [1.29, 1.82) is 0 Å². The first-order chi connectivity index (χ1) is 13.4. The van der Waals surface area contributed by atoms with Crippen molar-refractivity contribution in [1.82, 2.24) is 3.98 Å². The summed E-state index contributed by atoms with van der Waals surface area (Å²) in [5.41, 5.74) is 7.37. The third kappa shape index (κ3) is 2.94. The zero-order chi connectivity index (χ0) is 18.1. The number of aromatic nitrogens is 1. The van der Waals surface area contributed by atoms with Crippen LogP contribution in [0.4, 0.5) is 0 Å². The molecule has 0 radical (unpaired) electrons. The van der Waals surface area contributed by atoms with Crippen LogP contribution in [-0.4, -0.2) is 18.7 Å². The van der Waals surface area contributed by atoms with Crippen molar-refractivity contribution in [3.63, 3.8) is 0 Å². The van der Waals surface area contributed by atoms with Crippen LogP contribution < -0.4 is 0 Å². The van der Waals surface area contributed by atoms with Crippen molar-refractivity contribution in [2.75, 3.05) is 0 Å². The summed E-state index contributed by atoms with van der Waals surface area (Å²) in [5.74, 6) is 0. The van der Waals surface area contributed by atoms with Gasteiger partial charge in [-0.3, -0.25) is 0 Å². The molecule has 1 aromatic heterocycles. The first kappa shape index (κ1) is 16.3. The molecule has 128 valence electrons. The van der Waals surface area contributed by atoms with E-state index in [1.165, 1.54) is 37.5 Å². The van der Waals surface area contributed by atoms with Crippen molar-refractivity contribution in [3.05, 3.63) is 103 Å². The summed E-state index contributed by atoms with van der Waals surface area (Å²) in [6.45, 7) is 0. The van der Waals surface area contributed by atoms with Crippen molar-refractivity contribution in [3.8, 4) is 33.5 Å². The van der Waals surface area contributed by atoms with Crippen LogP contribution in [0.15, 0.2) is 103 Å². The van der Waals surface area contributed by atoms with Crippen molar-refractivity contribution in [2.45, 2.75) is 0 Å². The molecule has 0 bridgehead atoms. The standard InChI is InChI=1S/C25H17NSe/c1-4-10-18(11-5-1)21-16-17-22-24(23(21)19-12-6-2-7-13-19)25(26-27-22)20-14-8-3-9-15-20/h1-17H. The van der Waals surface area contributed by atoms with Crippen LogP contribution in [0.5, 0.6) is 0 Å². The van der Waals surface area contributed by atoms with E-state index in [4.69, 9.17) is 3.98 Å². The molecule has 2 heteroatoms. The van der Waals surface area contributed by atoms with Gasteiger partial charge in [0.2, 0.25) is 0 Å². The fraction of sp³-hybridized carbons (Fsp3) is 0. The van der Waals surface area contributed by atoms with E-state index in [9.17, 15) is 0 Å². The van der Waals surface area contributed by atoms with E-state index < -0.39 is 0 Å². The van der Waals surface area contributed by atoms with Gasteiger partial charge in [0.15, 0.2) is 0 Å². The van der Waals surface area contributed by atoms with Crippen molar-refractivity contribution in [2.24, 2.45) is 0 Å². The Bertz CT molecular complexity index is 1190. The fourth-order valence-electron chi connectivity index (χ4n) is 3.59. The third-order valence-corrected chi connectivity index (χ3v) is 6.53. The minimum atomic E-state index is 0.124. The van der Waals surface area contributed by atoms with Gasteiger partial charge in [-0.25, -0.2) is 0 Å². The van der Waals surface area contributed by atoms with Gasteiger partial charge in [0.1, 0.15) is 0 Å². The molecule has 0 saturated heterocycles. The monoisotopic (exact) mass is 411 g/mol. The van der Waals surface area contributed by atoms with Crippen LogP contribution in [0.25, 0.3) is 43.2 Å². The van der Waals surface area contributed by atoms with Crippen molar-refractivity contribution < 1.29 is 0 Å². The molecule has 27 heavy (non-hydrogen) atoms. The molecular formula is C25H17NSe. The minimum absolute atomic E-state index is 0.124. The quantitative estimate of drug-likeness (QED) is 0.319. The molecule has 0 saturated carbocycles. The number of rotatable bonds is 3. The van der Waals surface area contributed by atoms with E-state index >= 15 is 0 Å². The van der Waals surface area contributed by atoms with E-state index in [0.717, 1.165) is 5.69 Å². The average molecular weight is 410 g/mol. The predicted octanol–water partition coefficient (Wildman–Crippen LogP) is 6.29. The molecule has 0 spiro atoms. The zero-order valence-corrected chi connectivity index (χ0v) is 16.4. The SMILES string of the molecule is c1ccc(-c2ccc3[se]nc(-c4ccccc4)c3c2-c2ccccc2)cc1. The molecule has 0 fully saturated rings. The Morgan fingerprint density at radius 2 is 1.07 bits per heavy atom. The second-order valence-corrected chi connectivity index (χ2v) is 8.18. The molecular weight excluding hydrogens is 393 g/mol. The van der Waals surface area contributed by atoms with Gasteiger partial charge in [0.05, 0.1) is 0 Å². The Labute approximate surface area is 164 Å². The van der Waals surface area contributed by atoms with Crippen molar-refractivity contribution >= 4 is 24.4 Å². The van der Waals surface area contributed by atoms with Crippen LogP contribution >= 0.6 is 0 Å². The fourth-order valence-corrected chi connectivity index (χ4v) is 5.28. The summed E-state index contributed by atoms with van der Waals surface area (Å²) in [6.07, 6.45) is 0. The van der Waals surface area contributed by atoms with Gasteiger partial charge in [0.25, 0.3) is 0 Å². The molecule has 5 aromatic rings. The summed E-state index contributed by atoms with van der Waals surface area (Å²) >= 11 is 0.124. The Kier molecular flexibility index (Phi) is 4.21. The molecule has 1 heterocycles. The molecule has 0 aliphatic rings. The first-order valence-electron chi connectivity index (χ1n) is 9.00. The molecule has 5 rings (SSSR count). The maximum atomic E-state index is 4.97. The van der Waals surface area contributed by atoms with Gasteiger partial charge < -0.3 is 0 Å². The van der Waals surface area contributed by atoms with Crippen LogP contribution in [0.1, 0.15) is 0 Å². The summed E-state index contributed by atoms with van der Waals surface area (Å²) in [5, 5.41) is 1.30. The summed E-state index contributed by atoms with van der Waals surface area (Å²) in [6, 6.07) is 36.5. The number of benzene rings is 4. The van der Waals surface area contributed by atoms with Gasteiger partial charge >= 0.3 is 165 Å². The second-order valence-electron chi connectivity index (χ2n) is 6.49.